The summed E-state index contributed by atoms with van der Waals surface area (Å²) in [4.78, 5) is 11.7. The molecule has 1 saturated heterocycles. The van der Waals surface area contributed by atoms with Crippen molar-refractivity contribution in [1.29, 1.82) is 0 Å². The average Bonchev–Trinajstić information content (AvgIpc) is 3.11. The Morgan fingerprint density at radius 2 is 2.00 bits per heavy atom. The highest BCUT2D eigenvalue weighted by molar-refractivity contribution is 7.80. The Hall–Kier alpha value is -2.38. The Morgan fingerprint density at radius 1 is 1.17 bits per heavy atom. The van der Waals surface area contributed by atoms with Crippen molar-refractivity contribution < 1.29 is 9.53 Å². The third-order valence-corrected chi connectivity index (χ3v) is 4.02. The van der Waals surface area contributed by atoms with Gasteiger partial charge in [-0.05, 0) is 48.0 Å². The minimum Gasteiger partial charge on any atom is -0.376 e. The number of amides is 2. The van der Waals surface area contributed by atoms with Gasteiger partial charge in [0.05, 0.1) is 6.10 Å². The average molecular weight is 344 g/mol. The second kappa shape index (κ2) is 7.94. The molecule has 3 rings (SSSR count). The zero-order valence-corrected chi connectivity index (χ0v) is 14.0. The molecule has 0 aliphatic carbocycles. The van der Waals surface area contributed by atoms with Crippen molar-refractivity contribution in [2.45, 2.75) is 18.9 Å². The molecule has 0 bridgehead atoms. The number of benzene rings is 2. The van der Waals surface area contributed by atoms with Crippen molar-refractivity contribution in [3.63, 3.8) is 0 Å². The van der Waals surface area contributed by atoms with E-state index >= 15 is 0 Å². The van der Waals surface area contributed by atoms with Crippen molar-refractivity contribution in [2.24, 2.45) is 0 Å². The maximum atomic E-state index is 11.7. The summed E-state index contributed by atoms with van der Waals surface area (Å²) in [5.74, 6) is 0. The number of hydrogen-bond donors (Lipinski definition) is 4. The number of nitrogens with one attached hydrogen (secondary N) is 4. The summed E-state index contributed by atoms with van der Waals surface area (Å²) in [6, 6.07) is 13.7. The topological polar surface area (TPSA) is 74.4 Å². The Labute approximate surface area is 145 Å². The van der Waals surface area contributed by atoms with Crippen LogP contribution in [0.1, 0.15) is 12.8 Å². The molecule has 1 aliphatic rings. The van der Waals surface area contributed by atoms with Crippen LogP contribution in [0.5, 0.6) is 0 Å². The van der Waals surface area contributed by atoms with Crippen molar-refractivity contribution in [3.8, 4) is 0 Å². The molecule has 0 spiro atoms. The summed E-state index contributed by atoms with van der Waals surface area (Å²) in [5, 5.41) is 8.38. The number of hydrogen-bond acceptors (Lipinski definition) is 3. The summed E-state index contributed by atoms with van der Waals surface area (Å²) < 4.78 is 5.44. The molecule has 126 valence electrons. The molecule has 2 amide bonds. The highest BCUT2D eigenvalue weighted by Gasteiger charge is 2.15. The van der Waals surface area contributed by atoms with Gasteiger partial charge >= 0.3 is 6.03 Å². The van der Waals surface area contributed by atoms with Gasteiger partial charge in [-0.1, -0.05) is 30.3 Å². The Balaban J connectivity index is 1.43. The zero-order valence-electron chi connectivity index (χ0n) is 13.2. The van der Waals surface area contributed by atoms with E-state index in [1.807, 2.05) is 36.4 Å². The van der Waals surface area contributed by atoms with Gasteiger partial charge < -0.3 is 15.4 Å². The first-order chi connectivity index (χ1) is 11.7. The molecule has 1 fully saturated rings. The predicted octanol–water partition coefficient (Wildman–Crippen LogP) is 2.52. The number of hydrazine groups is 1. The molecule has 0 unspecified atom stereocenters. The number of ether oxygens (including phenoxy) is 1. The van der Waals surface area contributed by atoms with E-state index in [2.05, 4.69) is 27.6 Å². The number of carbonyl (C=O) groups excluding carboxylic acids is 1. The fourth-order valence-electron chi connectivity index (χ4n) is 2.60. The number of urea groups is 1. The second-order valence-electron chi connectivity index (χ2n) is 5.61. The van der Waals surface area contributed by atoms with Crippen LogP contribution in [0.4, 0.5) is 10.5 Å². The molecule has 1 aliphatic heterocycles. The van der Waals surface area contributed by atoms with E-state index in [0.717, 1.165) is 35.9 Å². The van der Waals surface area contributed by atoms with Gasteiger partial charge in [0.2, 0.25) is 0 Å². The van der Waals surface area contributed by atoms with Crippen LogP contribution in [-0.2, 0) is 4.74 Å². The molecule has 0 saturated carbocycles. The second-order valence-corrected chi connectivity index (χ2v) is 6.02. The minimum absolute atomic E-state index is 0.110. The molecule has 2 aromatic carbocycles. The smallest absolute Gasteiger partial charge is 0.333 e. The quantitative estimate of drug-likeness (QED) is 0.509. The van der Waals surface area contributed by atoms with Gasteiger partial charge in [-0.15, -0.1) is 0 Å². The lowest BCUT2D eigenvalue weighted by Gasteiger charge is -2.14. The molecular weight excluding hydrogens is 324 g/mol. The fourth-order valence-corrected chi connectivity index (χ4v) is 2.77. The SMILES string of the molecule is O=C(NC[C@@H]1CCCO1)NNC(=S)Nc1ccc2ccccc2c1. The third kappa shape index (κ3) is 4.56. The molecule has 6 nitrogen and oxygen atoms in total. The zero-order chi connectivity index (χ0) is 16.8. The Bertz CT molecular complexity index is 731. The number of fused-ring (bicyclic) bond motifs is 1. The van der Waals surface area contributed by atoms with E-state index in [1.165, 1.54) is 0 Å². The minimum atomic E-state index is -0.340. The first-order valence-corrected chi connectivity index (χ1v) is 8.33. The first kappa shape index (κ1) is 16.5. The van der Waals surface area contributed by atoms with E-state index in [1.54, 1.807) is 0 Å². The third-order valence-electron chi connectivity index (χ3n) is 3.81. The lowest BCUT2D eigenvalue weighted by Crippen LogP contribution is -2.49. The lowest BCUT2D eigenvalue weighted by molar-refractivity contribution is 0.111. The summed E-state index contributed by atoms with van der Waals surface area (Å²) in [5.41, 5.74) is 6.03. The number of thiocarbonyl (C=S) groups is 1. The van der Waals surface area contributed by atoms with Crippen LogP contribution in [0.25, 0.3) is 10.8 Å². The predicted molar refractivity (Wildman–Crippen MR) is 98.8 cm³/mol. The molecule has 1 atom stereocenters. The molecule has 0 radical (unpaired) electrons. The van der Waals surface area contributed by atoms with Gasteiger partial charge in [-0.2, -0.15) is 0 Å². The highest BCUT2D eigenvalue weighted by Crippen LogP contribution is 2.18. The number of carbonyl (C=O) groups is 1. The van der Waals surface area contributed by atoms with Crippen molar-refractivity contribution in [2.75, 3.05) is 18.5 Å². The van der Waals surface area contributed by atoms with Gasteiger partial charge in [0.1, 0.15) is 0 Å². The van der Waals surface area contributed by atoms with E-state index in [0.29, 0.717) is 11.7 Å². The highest BCUT2D eigenvalue weighted by atomic mass is 32.1. The molecule has 24 heavy (non-hydrogen) atoms. The van der Waals surface area contributed by atoms with Crippen LogP contribution in [0.15, 0.2) is 42.5 Å². The van der Waals surface area contributed by atoms with Crippen molar-refractivity contribution in [3.05, 3.63) is 42.5 Å². The summed E-state index contributed by atoms with van der Waals surface area (Å²) in [6.07, 6.45) is 2.14. The number of rotatable bonds is 3. The normalized spacial score (nSPS) is 16.6. The monoisotopic (exact) mass is 344 g/mol. The summed E-state index contributed by atoms with van der Waals surface area (Å²) >= 11 is 5.18. The molecule has 1 heterocycles. The van der Waals surface area contributed by atoms with E-state index in [-0.39, 0.29) is 12.1 Å². The maximum absolute atomic E-state index is 11.7. The first-order valence-electron chi connectivity index (χ1n) is 7.92. The lowest BCUT2D eigenvalue weighted by atomic mass is 10.1. The largest absolute Gasteiger partial charge is 0.376 e. The van der Waals surface area contributed by atoms with Crippen LogP contribution in [0.2, 0.25) is 0 Å². The van der Waals surface area contributed by atoms with Crippen molar-refractivity contribution >= 4 is 39.8 Å². The van der Waals surface area contributed by atoms with Gasteiger partial charge in [-0.3, -0.25) is 5.43 Å². The van der Waals surface area contributed by atoms with E-state index in [4.69, 9.17) is 17.0 Å². The molecule has 0 aromatic heterocycles. The van der Waals surface area contributed by atoms with Crippen molar-refractivity contribution in [1.82, 2.24) is 16.2 Å². The van der Waals surface area contributed by atoms with E-state index in [9.17, 15) is 4.79 Å². The van der Waals surface area contributed by atoms with Crippen LogP contribution < -0.4 is 21.5 Å². The van der Waals surface area contributed by atoms with Gasteiger partial charge in [-0.25, -0.2) is 10.2 Å². The molecule has 7 heteroatoms. The van der Waals surface area contributed by atoms with Crippen LogP contribution >= 0.6 is 12.2 Å². The summed E-state index contributed by atoms with van der Waals surface area (Å²) in [6.45, 7) is 1.27. The van der Waals surface area contributed by atoms with Gasteiger partial charge in [0.25, 0.3) is 0 Å². The van der Waals surface area contributed by atoms with Crippen LogP contribution in [-0.4, -0.2) is 30.4 Å². The molecule has 2 aromatic rings. The van der Waals surface area contributed by atoms with Crippen LogP contribution in [0, 0.1) is 0 Å². The Morgan fingerprint density at radius 3 is 2.79 bits per heavy atom. The fraction of sp³-hybridized carbons (Fsp3) is 0.294. The number of anilines is 1. The maximum Gasteiger partial charge on any atom is 0.333 e. The van der Waals surface area contributed by atoms with E-state index < -0.39 is 0 Å². The standard InChI is InChI=1S/C17H20N4O2S/c22-16(18-11-15-6-3-9-23-15)20-21-17(24)19-14-8-7-12-4-1-2-5-13(12)10-14/h1-2,4-5,7-8,10,15H,3,6,9,11H2,(H2,18,20,22)(H2,19,21,24)/t15-/m0/s1. The Kier molecular flexibility index (Phi) is 5.45. The summed E-state index contributed by atoms with van der Waals surface area (Å²) in [7, 11) is 0. The van der Waals surface area contributed by atoms with Gasteiger partial charge in [0.15, 0.2) is 5.11 Å². The molecular formula is C17H20N4O2S. The van der Waals surface area contributed by atoms with Gasteiger partial charge in [0, 0.05) is 18.8 Å². The van der Waals surface area contributed by atoms with Crippen LogP contribution in [0.3, 0.4) is 0 Å². The molecule has 4 N–H and O–H groups in total.